The second kappa shape index (κ2) is 48.7. The van der Waals surface area contributed by atoms with Crippen LogP contribution in [0.4, 0.5) is 0 Å². The first-order valence-corrected chi connectivity index (χ1v) is 31.3. The van der Waals surface area contributed by atoms with E-state index in [0.717, 1.165) is 70.6 Å². The molecule has 72 heavy (non-hydrogen) atoms. The molecule has 0 heterocycles. The van der Waals surface area contributed by atoms with Crippen LogP contribution in [0.3, 0.4) is 0 Å². The van der Waals surface area contributed by atoms with E-state index in [0.29, 0.717) is 25.7 Å². The van der Waals surface area contributed by atoms with Crippen LogP contribution in [-0.2, 0) is 65.4 Å². The molecule has 0 radical (unpaired) electrons. The molecule has 426 valence electrons. The molecular formula is C53H102O17P2. The van der Waals surface area contributed by atoms with Gasteiger partial charge in [-0.3, -0.25) is 37.3 Å². The topological polar surface area (TPSA) is 237 Å². The molecule has 0 aliphatic rings. The largest absolute Gasteiger partial charge is 0.472 e. The molecular weight excluding hydrogens is 971 g/mol. The zero-order chi connectivity index (χ0) is 53.4. The van der Waals surface area contributed by atoms with Gasteiger partial charge in [-0.25, -0.2) is 9.13 Å². The number of phosphoric acid groups is 2. The van der Waals surface area contributed by atoms with Gasteiger partial charge in [0.2, 0.25) is 0 Å². The quantitative estimate of drug-likeness (QED) is 0.0222. The van der Waals surface area contributed by atoms with E-state index in [1.165, 1.54) is 109 Å². The van der Waals surface area contributed by atoms with Gasteiger partial charge in [0.25, 0.3) is 0 Å². The van der Waals surface area contributed by atoms with Crippen LogP contribution in [0.15, 0.2) is 0 Å². The molecule has 0 saturated carbocycles. The number of aliphatic hydroxyl groups excluding tert-OH is 1. The molecule has 5 atom stereocenters. The third-order valence-electron chi connectivity index (χ3n) is 12.1. The van der Waals surface area contributed by atoms with Crippen molar-refractivity contribution in [3.05, 3.63) is 0 Å². The fraction of sp³-hybridized carbons (Fsp3) is 0.925. The minimum absolute atomic E-state index is 0.105. The predicted molar refractivity (Wildman–Crippen MR) is 280 cm³/mol. The van der Waals surface area contributed by atoms with E-state index in [1.54, 1.807) is 0 Å². The lowest BCUT2D eigenvalue weighted by Gasteiger charge is -2.21. The molecule has 2 unspecified atom stereocenters. The summed E-state index contributed by atoms with van der Waals surface area (Å²) in [5, 5.41) is 10.4. The third kappa shape index (κ3) is 47.8. The molecule has 0 aromatic carbocycles. The summed E-state index contributed by atoms with van der Waals surface area (Å²) in [6.07, 6.45) is 31.3. The van der Waals surface area contributed by atoms with Crippen molar-refractivity contribution in [1.29, 1.82) is 0 Å². The first kappa shape index (κ1) is 70.1. The van der Waals surface area contributed by atoms with Crippen LogP contribution in [0.1, 0.15) is 259 Å². The van der Waals surface area contributed by atoms with Gasteiger partial charge in [-0.2, -0.15) is 0 Å². The summed E-state index contributed by atoms with van der Waals surface area (Å²) in [5.74, 6) is -2.21. The highest BCUT2D eigenvalue weighted by Gasteiger charge is 2.30. The highest BCUT2D eigenvalue weighted by atomic mass is 31.2. The smallest absolute Gasteiger partial charge is 0.462 e. The molecule has 0 aliphatic carbocycles. The van der Waals surface area contributed by atoms with Crippen LogP contribution in [-0.4, -0.2) is 96.7 Å². The normalized spacial score (nSPS) is 14.5. The summed E-state index contributed by atoms with van der Waals surface area (Å²) < 4.78 is 66.7. The highest BCUT2D eigenvalue weighted by Crippen LogP contribution is 2.45. The van der Waals surface area contributed by atoms with Gasteiger partial charge < -0.3 is 33.8 Å². The molecule has 17 nitrogen and oxygen atoms in total. The zero-order valence-corrected chi connectivity index (χ0v) is 47.2. The Labute approximate surface area is 435 Å². The molecule has 0 amide bonds. The van der Waals surface area contributed by atoms with Gasteiger partial charge in [0.1, 0.15) is 19.3 Å². The first-order valence-electron chi connectivity index (χ1n) is 28.3. The Balaban J connectivity index is 4.89. The Kier molecular flexibility index (Phi) is 47.4. The Hall–Kier alpha value is -1.94. The van der Waals surface area contributed by atoms with Crippen molar-refractivity contribution in [2.75, 3.05) is 39.6 Å². The molecule has 0 bridgehead atoms. The number of hydrogen-bond acceptors (Lipinski definition) is 15. The van der Waals surface area contributed by atoms with Crippen molar-refractivity contribution in [2.45, 2.75) is 277 Å². The zero-order valence-electron chi connectivity index (χ0n) is 45.4. The lowest BCUT2D eigenvalue weighted by Crippen LogP contribution is -2.30. The average molecular weight is 1070 g/mol. The molecule has 0 saturated heterocycles. The maximum atomic E-state index is 12.8. The van der Waals surface area contributed by atoms with Gasteiger partial charge >= 0.3 is 39.5 Å². The fourth-order valence-electron chi connectivity index (χ4n) is 7.67. The van der Waals surface area contributed by atoms with Crippen molar-refractivity contribution >= 4 is 39.5 Å². The third-order valence-corrected chi connectivity index (χ3v) is 14.0. The van der Waals surface area contributed by atoms with Crippen LogP contribution >= 0.6 is 15.6 Å². The van der Waals surface area contributed by atoms with E-state index in [-0.39, 0.29) is 25.7 Å². The Morgan fingerprint density at radius 2 is 0.569 bits per heavy atom. The Bertz CT molecular complexity index is 1420. The minimum Gasteiger partial charge on any atom is -0.462 e. The van der Waals surface area contributed by atoms with Crippen LogP contribution < -0.4 is 0 Å². The number of hydrogen-bond donors (Lipinski definition) is 3. The van der Waals surface area contributed by atoms with Crippen molar-refractivity contribution in [3.63, 3.8) is 0 Å². The maximum Gasteiger partial charge on any atom is 0.472 e. The van der Waals surface area contributed by atoms with Gasteiger partial charge in [-0.1, -0.05) is 207 Å². The molecule has 0 spiro atoms. The number of ether oxygens (including phenoxy) is 4. The number of esters is 4. The summed E-state index contributed by atoms with van der Waals surface area (Å²) in [7, 11) is -9.83. The Morgan fingerprint density at radius 3 is 0.889 bits per heavy atom. The summed E-state index contributed by atoms with van der Waals surface area (Å²) in [4.78, 5) is 70.6. The molecule has 0 aromatic rings. The number of carbonyl (C=O) groups is 4. The number of rotatable bonds is 54. The van der Waals surface area contributed by atoms with Crippen LogP contribution in [0, 0.1) is 0 Å². The monoisotopic (exact) mass is 1070 g/mol. The summed E-state index contributed by atoms with van der Waals surface area (Å²) in [5.41, 5.74) is 0. The van der Waals surface area contributed by atoms with Gasteiger partial charge in [0, 0.05) is 25.7 Å². The molecule has 0 aliphatic heterocycles. The molecule has 0 fully saturated rings. The van der Waals surface area contributed by atoms with E-state index >= 15 is 0 Å². The van der Waals surface area contributed by atoms with E-state index in [4.69, 9.17) is 37.0 Å². The number of unbranched alkanes of at least 4 members (excludes halogenated alkanes) is 28. The van der Waals surface area contributed by atoms with Gasteiger partial charge in [0.15, 0.2) is 12.2 Å². The molecule has 0 rings (SSSR count). The van der Waals surface area contributed by atoms with Crippen LogP contribution in [0.25, 0.3) is 0 Å². The maximum absolute atomic E-state index is 12.8. The van der Waals surface area contributed by atoms with Crippen LogP contribution in [0.5, 0.6) is 0 Å². The number of carbonyl (C=O) groups excluding carboxylic acids is 4. The summed E-state index contributed by atoms with van der Waals surface area (Å²) >= 11 is 0. The highest BCUT2D eigenvalue weighted by molar-refractivity contribution is 7.47. The van der Waals surface area contributed by atoms with E-state index < -0.39 is 97.5 Å². The first-order chi connectivity index (χ1) is 34.7. The van der Waals surface area contributed by atoms with Crippen LogP contribution in [0.2, 0.25) is 0 Å². The van der Waals surface area contributed by atoms with Gasteiger partial charge in [-0.15, -0.1) is 0 Å². The van der Waals surface area contributed by atoms with E-state index in [9.17, 15) is 43.2 Å². The fourth-order valence-corrected chi connectivity index (χ4v) is 9.25. The van der Waals surface area contributed by atoms with Crippen molar-refractivity contribution in [2.24, 2.45) is 0 Å². The lowest BCUT2D eigenvalue weighted by atomic mass is 10.0. The second-order valence-electron chi connectivity index (χ2n) is 19.3. The number of phosphoric ester groups is 2. The molecule has 0 aromatic heterocycles. The Morgan fingerprint density at radius 1 is 0.333 bits per heavy atom. The second-order valence-corrected chi connectivity index (χ2v) is 22.2. The van der Waals surface area contributed by atoms with Gasteiger partial charge in [0.05, 0.1) is 26.4 Å². The predicted octanol–water partition coefficient (Wildman–Crippen LogP) is 13.6. The number of aliphatic hydroxyl groups is 1. The molecule has 19 heteroatoms. The van der Waals surface area contributed by atoms with E-state index in [2.05, 4.69) is 13.8 Å². The standard InChI is InChI=1S/C53H102O17P2/c1-5-9-13-15-17-19-21-23-24-25-27-29-31-33-35-39-52(57)69-48(43-63-50(55)37-12-8-4)45-67-71(59,60)65-41-47(54)42-66-72(61,62)68-46-49(44-64-51(56)38-34-11-7-3)70-53(58)40-36-32-30-28-26-22-20-18-16-14-10-6-2/h47-49,54H,5-46H2,1-4H3,(H,59,60)(H,61,62)/t47-,48+,49+/m0/s1. The average Bonchev–Trinajstić information content (AvgIpc) is 3.35. The van der Waals surface area contributed by atoms with Crippen molar-refractivity contribution in [1.82, 2.24) is 0 Å². The molecule has 3 N–H and O–H groups in total. The van der Waals surface area contributed by atoms with Crippen molar-refractivity contribution in [3.8, 4) is 0 Å². The summed E-state index contributed by atoms with van der Waals surface area (Å²) in [6, 6.07) is 0. The van der Waals surface area contributed by atoms with E-state index in [1.807, 2.05) is 13.8 Å². The minimum atomic E-state index is -4.92. The SMILES string of the molecule is CCCCCCCCCCCCCCCCCC(=O)O[C@H](COC(=O)CCCC)COP(=O)(O)OC[C@H](O)COP(=O)(O)OC[C@@H](COC(=O)CCCCC)OC(=O)CCCCCCCCCCCCCC. The lowest BCUT2D eigenvalue weighted by molar-refractivity contribution is -0.161. The van der Waals surface area contributed by atoms with Crippen molar-refractivity contribution < 1.29 is 80.2 Å². The van der Waals surface area contributed by atoms with Gasteiger partial charge in [-0.05, 0) is 25.7 Å². The summed E-state index contributed by atoms with van der Waals surface area (Å²) in [6.45, 7) is 4.38.